The Hall–Kier alpha value is -1.80. The number of methoxy groups -OCH3 is 1. The molecule has 1 atom stereocenters. The Kier molecular flexibility index (Phi) is 14.8. The molecule has 1 unspecified atom stereocenters. The zero-order chi connectivity index (χ0) is 23.7. The van der Waals surface area contributed by atoms with E-state index >= 15 is 0 Å². The Morgan fingerprint density at radius 2 is 1.50 bits per heavy atom. The van der Waals surface area contributed by atoms with Crippen LogP contribution < -0.4 is 10.1 Å². The molecule has 0 bridgehead atoms. The van der Waals surface area contributed by atoms with Crippen LogP contribution in [0, 0.1) is 0 Å². The molecule has 184 valence electrons. The molecule has 0 spiro atoms. The SMILES string of the molecule is CCCCCCCCCCCCC(OC(=O)NCCCS(=O)(=O)[O-])c1ccc(OC)cc1. The molecule has 1 rings (SSSR count). The van der Waals surface area contributed by atoms with Gasteiger partial charge in [0.15, 0.2) is 0 Å². The number of unbranched alkanes of at least 4 members (excludes halogenated alkanes) is 9. The van der Waals surface area contributed by atoms with E-state index < -0.39 is 28.1 Å². The third kappa shape index (κ3) is 14.3. The summed E-state index contributed by atoms with van der Waals surface area (Å²) in [5.74, 6) is 0.225. The lowest BCUT2D eigenvalue weighted by Gasteiger charge is -2.19. The standard InChI is InChI=1S/C24H41NO6S/c1-3-4-5-6-7-8-9-10-11-12-14-23(21-15-17-22(30-2)18-16-21)31-24(26)25-19-13-20-32(27,28)29/h15-18,23H,3-14,19-20H2,1-2H3,(H,25,26)(H,27,28,29)/p-1. The average molecular weight is 471 g/mol. The zero-order valence-electron chi connectivity index (χ0n) is 19.6. The number of alkyl carbamates (subject to hydrolysis) is 1. The Bertz CT molecular complexity index is 721. The van der Waals surface area contributed by atoms with Crippen LogP contribution in [0.4, 0.5) is 4.79 Å². The molecule has 1 aromatic rings. The number of hydrogen-bond acceptors (Lipinski definition) is 6. The Morgan fingerprint density at radius 3 is 2.03 bits per heavy atom. The first-order valence-electron chi connectivity index (χ1n) is 11.9. The van der Waals surface area contributed by atoms with Gasteiger partial charge >= 0.3 is 6.09 Å². The molecule has 0 aliphatic rings. The summed E-state index contributed by atoms with van der Waals surface area (Å²) in [4.78, 5) is 12.2. The van der Waals surface area contributed by atoms with E-state index in [4.69, 9.17) is 9.47 Å². The maximum atomic E-state index is 12.2. The number of ether oxygens (including phenoxy) is 2. The molecular formula is C24H40NO6S-. The van der Waals surface area contributed by atoms with E-state index in [1.54, 1.807) is 7.11 Å². The number of hydrogen-bond donors (Lipinski definition) is 1. The van der Waals surface area contributed by atoms with Gasteiger partial charge in [-0.3, -0.25) is 0 Å². The summed E-state index contributed by atoms with van der Waals surface area (Å²) in [7, 11) is -2.68. The van der Waals surface area contributed by atoms with Crippen LogP contribution in [0.2, 0.25) is 0 Å². The third-order valence-electron chi connectivity index (χ3n) is 5.40. The summed E-state index contributed by atoms with van der Waals surface area (Å²) >= 11 is 0. The Labute approximate surface area is 194 Å². The van der Waals surface area contributed by atoms with E-state index in [0.29, 0.717) is 6.42 Å². The van der Waals surface area contributed by atoms with Gasteiger partial charge in [-0.25, -0.2) is 13.2 Å². The fourth-order valence-electron chi connectivity index (χ4n) is 3.54. The second-order valence-corrected chi connectivity index (χ2v) is 9.70. The first kappa shape index (κ1) is 28.2. The number of rotatable bonds is 18. The van der Waals surface area contributed by atoms with Crippen molar-refractivity contribution in [3.05, 3.63) is 29.8 Å². The normalized spacial score (nSPS) is 12.3. The third-order valence-corrected chi connectivity index (χ3v) is 6.19. The van der Waals surface area contributed by atoms with Crippen molar-refractivity contribution >= 4 is 16.2 Å². The Balaban J connectivity index is 2.41. The van der Waals surface area contributed by atoms with Gasteiger partial charge in [0, 0.05) is 12.3 Å². The topological polar surface area (TPSA) is 105 Å². The van der Waals surface area contributed by atoms with Crippen LogP contribution in [0.3, 0.4) is 0 Å². The maximum Gasteiger partial charge on any atom is 0.407 e. The molecule has 0 saturated carbocycles. The number of amides is 1. The fraction of sp³-hybridized carbons (Fsp3) is 0.708. The van der Waals surface area contributed by atoms with Crippen molar-refractivity contribution in [3.63, 3.8) is 0 Å². The number of carbonyl (C=O) groups is 1. The highest BCUT2D eigenvalue weighted by atomic mass is 32.2. The minimum atomic E-state index is -4.28. The lowest BCUT2D eigenvalue weighted by molar-refractivity contribution is 0.0908. The van der Waals surface area contributed by atoms with E-state index in [9.17, 15) is 17.8 Å². The van der Waals surface area contributed by atoms with Gasteiger partial charge in [0.2, 0.25) is 0 Å². The summed E-state index contributed by atoms with van der Waals surface area (Å²) < 4.78 is 42.8. The monoisotopic (exact) mass is 470 g/mol. The minimum Gasteiger partial charge on any atom is -0.748 e. The highest BCUT2D eigenvalue weighted by molar-refractivity contribution is 7.85. The molecule has 0 heterocycles. The molecule has 7 nitrogen and oxygen atoms in total. The van der Waals surface area contributed by atoms with Crippen molar-refractivity contribution in [2.45, 2.75) is 90.1 Å². The number of benzene rings is 1. The van der Waals surface area contributed by atoms with Crippen LogP contribution in [-0.2, 0) is 14.9 Å². The molecule has 1 N–H and O–H groups in total. The van der Waals surface area contributed by atoms with Crippen LogP contribution >= 0.6 is 0 Å². The molecule has 0 radical (unpaired) electrons. The highest BCUT2D eigenvalue weighted by Gasteiger charge is 2.16. The van der Waals surface area contributed by atoms with Gasteiger partial charge < -0.3 is 19.3 Å². The molecule has 0 fully saturated rings. The van der Waals surface area contributed by atoms with E-state index in [-0.39, 0.29) is 13.0 Å². The average Bonchev–Trinajstić information content (AvgIpc) is 2.76. The van der Waals surface area contributed by atoms with E-state index in [0.717, 1.165) is 24.2 Å². The van der Waals surface area contributed by atoms with Gasteiger partial charge in [-0.05, 0) is 37.0 Å². The zero-order valence-corrected chi connectivity index (χ0v) is 20.5. The molecule has 32 heavy (non-hydrogen) atoms. The molecule has 1 amide bonds. The summed E-state index contributed by atoms with van der Waals surface area (Å²) in [6.07, 6.45) is 12.1. The fourth-order valence-corrected chi connectivity index (χ4v) is 4.04. The number of carbonyl (C=O) groups excluding carboxylic acids is 1. The highest BCUT2D eigenvalue weighted by Crippen LogP contribution is 2.26. The first-order chi connectivity index (χ1) is 15.4. The van der Waals surface area contributed by atoms with Crippen LogP contribution in [0.15, 0.2) is 24.3 Å². The van der Waals surface area contributed by atoms with Gasteiger partial charge in [0.05, 0.1) is 17.2 Å². The number of nitrogens with one attached hydrogen (secondary N) is 1. The smallest absolute Gasteiger partial charge is 0.407 e. The van der Waals surface area contributed by atoms with E-state index in [1.807, 2.05) is 24.3 Å². The lowest BCUT2D eigenvalue weighted by atomic mass is 10.0. The van der Waals surface area contributed by atoms with Crippen LogP contribution in [0.25, 0.3) is 0 Å². The molecule has 0 aromatic heterocycles. The van der Waals surface area contributed by atoms with Crippen molar-refractivity contribution in [1.29, 1.82) is 0 Å². The predicted molar refractivity (Wildman–Crippen MR) is 126 cm³/mol. The van der Waals surface area contributed by atoms with Crippen LogP contribution in [-0.4, -0.2) is 38.5 Å². The van der Waals surface area contributed by atoms with Gasteiger partial charge in [-0.15, -0.1) is 0 Å². The molecule has 0 saturated heterocycles. The molecular weight excluding hydrogens is 430 g/mol. The molecule has 8 heteroatoms. The first-order valence-corrected chi connectivity index (χ1v) is 13.5. The van der Waals surface area contributed by atoms with Gasteiger partial charge in [0.1, 0.15) is 11.9 Å². The van der Waals surface area contributed by atoms with Crippen LogP contribution in [0.1, 0.15) is 95.6 Å². The van der Waals surface area contributed by atoms with Crippen molar-refractivity contribution in [2.75, 3.05) is 19.4 Å². The van der Waals surface area contributed by atoms with Crippen molar-refractivity contribution < 1.29 is 27.2 Å². The van der Waals surface area contributed by atoms with Crippen molar-refractivity contribution in [1.82, 2.24) is 5.32 Å². The lowest BCUT2D eigenvalue weighted by Crippen LogP contribution is -2.28. The largest absolute Gasteiger partial charge is 0.748 e. The summed E-state index contributed by atoms with van der Waals surface area (Å²) in [5, 5.41) is 2.53. The Morgan fingerprint density at radius 1 is 0.938 bits per heavy atom. The van der Waals surface area contributed by atoms with Gasteiger partial charge in [-0.2, -0.15) is 0 Å². The summed E-state index contributed by atoms with van der Waals surface area (Å²) in [6, 6.07) is 7.44. The summed E-state index contributed by atoms with van der Waals surface area (Å²) in [6.45, 7) is 2.31. The van der Waals surface area contributed by atoms with E-state index in [2.05, 4.69) is 12.2 Å². The molecule has 0 aliphatic carbocycles. The predicted octanol–water partition coefficient (Wildman–Crippen LogP) is 5.71. The second-order valence-electron chi connectivity index (χ2n) is 8.18. The quantitative estimate of drug-likeness (QED) is 0.218. The van der Waals surface area contributed by atoms with Crippen molar-refractivity contribution in [3.8, 4) is 5.75 Å². The molecule has 0 aliphatic heterocycles. The maximum absolute atomic E-state index is 12.2. The molecule has 1 aromatic carbocycles. The van der Waals surface area contributed by atoms with Crippen LogP contribution in [0.5, 0.6) is 5.75 Å². The second kappa shape index (κ2) is 16.8. The van der Waals surface area contributed by atoms with Crippen molar-refractivity contribution in [2.24, 2.45) is 0 Å². The van der Waals surface area contributed by atoms with E-state index in [1.165, 1.54) is 51.4 Å². The van der Waals surface area contributed by atoms with Gasteiger partial charge in [-0.1, -0.05) is 76.8 Å². The minimum absolute atomic E-state index is 0.0621. The summed E-state index contributed by atoms with van der Waals surface area (Å²) in [5.41, 5.74) is 0.888. The van der Waals surface area contributed by atoms with Gasteiger partial charge in [0.25, 0.3) is 0 Å².